The third kappa shape index (κ3) is 4.97. The Labute approximate surface area is 214 Å². The van der Waals surface area contributed by atoms with Gasteiger partial charge in [0.2, 0.25) is 0 Å². The third-order valence-electron chi connectivity index (χ3n) is 8.72. The Morgan fingerprint density at radius 1 is 1.00 bits per heavy atom. The van der Waals surface area contributed by atoms with E-state index in [9.17, 15) is 5.11 Å². The van der Waals surface area contributed by atoms with Crippen molar-refractivity contribution in [2.75, 3.05) is 56.2 Å². The molecule has 2 atom stereocenters. The summed E-state index contributed by atoms with van der Waals surface area (Å²) in [7, 11) is 0. The van der Waals surface area contributed by atoms with Crippen LogP contribution in [0.4, 0.5) is 11.6 Å². The monoisotopic (exact) mass is 495 g/mol. The number of ether oxygens (including phenoxy) is 1. The van der Waals surface area contributed by atoms with Gasteiger partial charge in [-0.3, -0.25) is 0 Å². The number of fused-ring (bicyclic) bond motifs is 1. The average Bonchev–Trinajstić information content (AvgIpc) is 3.58. The lowest BCUT2D eigenvalue weighted by Gasteiger charge is -2.36. The predicted molar refractivity (Wildman–Crippen MR) is 140 cm³/mol. The van der Waals surface area contributed by atoms with Crippen molar-refractivity contribution in [3.63, 3.8) is 0 Å². The van der Waals surface area contributed by atoms with Gasteiger partial charge in [-0.25, -0.2) is 15.0 Å². The summed E-state index contributed by atoms with van der Waals surface area (Å²) in [5.74, 6) is 4.35. The Morgan fingerprint density at radius 3 is 2.56 bits per heavy atom. The second-order valence-corrected chi connectivity index (χ2v) is 11.2. The maximum atomic E-state index is 10.1. The number of piperidine rings is 1. The normalized spacial score (nSPS) is 26.2. The second-order valence-electron chi connectivity index (χ2n) is 11.2. The Morgan fingerprint density at radius 2 is 1.78 bits per heavy atom. The molecule has 0 amide bonds. The number of likely N-dealkylation sites (tertiary alicyclic amines) is 1. The largest absolute Gasteiger partial charge is 0.381 e. The molecule has 4 aliphatic rings. The molecule has 0 aromatic carbocycles. The Hall–Kier alpha value is -2.23. The topological polar surface area (TPSA) is 91.6 Å². The number of nitrogens with one attached hydrogen (secondary N) is 1. The van der Waals surface area contributed by atoms with E-state index >= 15 is 0 Å². The van der Waals surface area contributed by atoms with Crippen molar-refractivity contribution in [1.29, 1.82) is 0 Å². The molecule has 4 aliphatic heterocycles. The van der Waals surface area contributed by atoms with E-state index in [0.29, 0.717) is 18.3 Å². The highest BCUT2D eigenvalue weighted by Crippen LogP contribution is 2.40. The number of anilines is 2. The Balaban J connectivity index is 1.18. The van der Waals surface area contributed by atoms with Gasteiger partial charge in [0.1, 0.15) is 30.0 Å². The Kier molecular flexibility index (Phi) is 7.13. The van der Waals surface area contributed by atoms with E-state index in [1.54, 1.807) is 6.33 Å². The highest BCUT2D eigenvalue weighted by atomic mass is 16.5. The van der Waals surface area contributed by atoms with Crippen molar-refractivity contribution in [3.05, 3.63) is 29.6 Å². The fraction of sp³-hybridized carbons (Fsp3) is 0.741. The molecule has 9 nitrogen and oxygen atoms in total. The number of nitrogens with zero attached hydrogens (tertiary/aromatic N) is 6. The first kappa shape index (κ1) is 24.1. The van der Waals surface area contributed by atoms with Crippen molar-refractivity contribution >= 4 is 11.6 Å². The van der Waals surface area contributed by atoms with Gasteiger partial charge >= 0.3 is 0 Å². The van der Waals surface area contributed by atoms with Crippen LogP contribution in [0.1, 0.15) is 86.7 Å². The zero-order valence-corrected chi connectivity index (χ0v) is 21.6. The standard InChI is InChI=1S/C27H41N7O2/c1-19-16-23(35)31-25-24(19)27(29-18-28-25)33-10-4-21(5-11-33)26-30-22(20-6-14-36-15-7-20)17-34(26)13-12-32-8-2-3-9-32/h17-21,23,35H,2-16H2,1H3,(H,28,29,31). The molecule has 3 saturated heterocycles. The van der Waals surface area contributed by atoms with Crippen molar-refractivity contribution in [1.82, 2.24) is 24.4 Å². The lowest BCUT2D eigenvalue weighted by atomic mass is 9.92. The van der Waals surface area contributed by atoms with Gasteiger partial charge in [0.05, 0.1) is 5.69 Å². The highest BCUT2D eigenvalue weighted by Gasteiger charge is 2.32. The summed E-state index contributed by atoms with van der Waals surface area (Å²) in [5.41, 5.74) is 2.43. The molecule has 6 rings (SSSR count). The van der Waals surface area contributed by atoms with Crippen LogP contribution in [0.3, 0.4) is 0 Å². The lowest BCUT2D eigenvalue weighted by Crippen LogP contribution is -2.37. The van der Waals surface area contributed by atoms with Gasteiger partial charge in [0, 0.05) is 63.0 Å². The van der Waals surface area contributed by atoms with E-state index in [1.165, 1.54) is 37.4 Å². The van der Waals surface area contributed by atoms with Crippen LogP contribution < -0.4 is 10.2 Å². The first-order valence-electron chi connectivity index (χ1n) is 14.1. The fourth-order valence-electron chi connectivity index (χ4n) is 6.63. The van der Waals surface area contributed by atoms with Gasteiger partial charge in [0.25, 0.3) is 0 Å². The molecular weight excluding hydrogens is 454 g/mol. The minimum Gasteiger partial charge on any atom is -0.381 e. The zero-order valence-electron chi connectivity index (χ0n) is 21.6. The molecule has 2 N–H and O–H groups in total. The third-order valence-corrected chi connectivity index (χ3v) is 8.72. The quantitative estimate of drug-likeness (QED) is 0.631. The maximum absolute atomic E-state index is 10.1. The van der Waals surface area contributed by atoms with Crippen LogP contribution in [-0.4, -0.2) is 81.7 Å². The summed E-state index contributed by atoms with van der Waals surface area (Å²) in [6.07, 6.45) is 11.1. The van der Waals surface area contributed by atoms with Crippen LogP contribution >= 0.6 is 0 Å². The summed E-state index contributed by atoms with van der Waals surface area (Å²) >= 11 is 0. The molecule has 0 radical (unpaired) electrons. The Bertz CT molecular complexity index is 1020. The van der Waals surface area contributed by atoms with Crippen LogP contribution in [0.15, 0.2) is 12.5 Å². The molecule has 2 aromatic heterocycles. The lowest BCUT2D eigenvalue weighted by molar-refractivity contribution is 0.0845. The molecule has 2 aromatic rings. The molecule has 36 heavy (non-hydrogen) atoms. The summed E-state index contributed by atoms with van der Waals surface area (Å²) in [4.78, 5) is 19.4. The molecule has 9 heteroatoms. The summed E-state index contributed by atoms with van der Waals surface area (Å²) < 4.78 is 8.11. The van der Waals surface area contributed by atoms with Crippen LogP contribution in [-0.2, 0) is 11.3 Å². The molecule has 6 heterocycles. The molecule has 2 unspecified atom stereocenters. The van der Waals surface area contributed by atoms with Crippen LogP contribution in [0.5, 0.6) is 0 Å². The summed E-state index contributed by atoms with van der Waals surface area (Å²) in [6.45, 7) is 10.4. The molecular formula is C27H41N7O2. The SMILES string of the molecule is CC1CC(O)Nc2ncnc(N3CCC(c4nc(C5CCOCC5)cn4CCN4CCCC4)CC3)c21. The fourth-order valence-corrected chi connectivity index (χ4v) is 6.63. The van der Waals surface area contributed by atoms with Gasteiger partial charge in [-0.05, 0) is 64.0 Å². The summed E-state index contributed by atoms with van der Waals surface area (Å²) in [5, 5.41) is 13.3. The number of hydrogen-bond donors (Lipinski definition) is 2. The number of aromatic nitrogens is 4. The number of hydrogen-bond acceptors (Lipinski definition) is 8. The second kappa shape index (κ2) is 10.6. The van der Waals surface area contributed by atoms with Gasteiger partial charge in [-0.2, -0.15) is 0 Å². The van der Waals surface area contributed by atoms with Crippen LogP contribution in [0, 0.1) is 0 Å². The van der Waals surface area contributed by atoms with Crippen molar-refractivity contribution in [2.45, 2.75) is 82.4 Å². The summed E-state index contributed by atoms with van der Waals surface area (Å²) in [6, 6.07) is 0. The van der Waals surface area contributed by atoms with Gasteiger partial charge < -0.3 is 29.5 Å². The van der Waals surface area contributed by atoms with E-state index in [1.807, 2.05) is 0 Å². The van der Waals surface area contributed by atoms with E-state index in [4.69, 9.17) is 14.7 Å². The van der Waals surface area contributed by atoms with Crippen LogP contribution in [0.2, 0.25) is 0 Å². The first-order chi connectivity index (χ1) is 17.7. The molecule has 0 spiro atoms. The maximum Gasteiger partial charge on any atom is 0.137 e. The van der Waals surface area contributed by atoms with Crippen molar-refractivity contribution in [3.8, 4) is 0 Å². The average molecular weight is 496 g/mol. The van der Waals surface area contributed by atoms with Crippen molar-refractivity contribution in [2.24, 2.45) is 0 Å². The molecule has 196 valence electrons. The molecule has 0 saturated carbocycles. The zero-order chi connectivity index (χ0) is 24.5. The number of aliphatic hydroxyl groups is 1. The number of rotatable bonds is 6. The minimum absolute atomic E-state index is 0.233. The van der Waals surface area contributed by atoms with Crippen LogP contribution in [0.25, 0.3) is 0 Å². The van der Waals surface area contributed by atoms with Gasteiger partial charge in [0.15, 0.2) is 0 Å². The molecule has 0 bridgehead atoms. The first-order valence-corrected chi connectivity index (χ1v) is 14.1. The number of imidazole rings is 1. The van der Waals surface area contributed by atoms with E-state index in [-0.39, 0.29) is 5.92 Å². The number of aliphatic hydroxyl groups excluding tert-OH is 1. The van der Waals surface area contributed by atoms with E-state index < -0.39 is 6.23 Å². The molecule has 0 aliphatic carbocycles. The van der Waals surface area contributed by atoms with Gasteiger partial charge in [-0.1, -0.05) is 6.92 Å². The van der Waals surface area contributed by atoms with Gasteiger partial charge in [-0.15, -0.1) is 0 Å². The van der Waals surface area contributed by atoms with Crippen molar-refractivity contribution < 1.29 is 9.84 Å². The van der Waals surface area contributed by atoms with E-state index in [0.717, 1.165) is 82.3 Å². The smallest absolute Gasteiger partial charge is 0.137 e. The highest BCUT2D eigenvalue weighted by molar-refractivity contribution is 5.62. The predicted octanol–water partition coefficient (Wildman–Crippen LogP) is 3.28. The van der Waals surface area contributed by atoms with E-state index in [2.05, 4.69) is 37.8 Å². The molecule has 3 fully saturated rings. The minimum atomic E-state index is -0.537.